The van der Waals surface area contributed by atoms with Crippen molar-refractivity contribution >= 4 is 34.2 Å². The molecule has 1 aliphatic rings. The fourth-order valence-corrected chi connectivity index (χ4v) is 3.22. The number of nitrogens with one attached hydrogen (secondary N) is 1. The molecule has 0 spiro atoms. The lowest BCUT2D eigenvalue weighted by Crippen LogP contribution is -2.26. The number of thioether (sulfide) groups is 1. The van der Waals surface area contributed by atoms with Crippen LogP contribution in [0.25, 0.3) is 0 Å². The summed E-state index contributed by atoms with van der Waals surface area (Å²) in [4.78, 5) is 25.1. The van der Waals surface area contributed by atoms with E-state index in [0.29, 0.717) is 24.3 Å². The van der Waals surface area contributed by atoms with Crippen molar-refractivity contribution in [3.8, 4) is 6.07 Å². The van der Waals surface area contributed by atoms with Gasteiger partial charge in [-0.05, 0) is 31.0 Å². The third kappa shape index (κ3) is 3.80. The van der Waals surface area contributed by atoms with Crippen LogP contribution in [0.5, 0.6) is 0 Å². The molecule has 22 heavy (non-hydrogen) atoms. The third-order valence-electron chi connectivity index (χ3n) is 3.51. The number of hydrogen-bond donors (Lipinski definition) is 1. The van der Waals surface area contributed by atoms with Gasteiger partial charge in [0.1, 0.15) is 0 Å². The molecule has 6 heteroatoms. The maximum atomic E-state index is 12.3. The van der Waals surface area contributed by atoms with Gasteiger partial charge in [0, 0.05) is 32.2 Å². The molecule has 1 fully saturated rings. The van der Waals surface area contributed by atoms with Crippen LogP contribution in [0.15, 0.2) is 18.2 Å². The van der Waals surface area contributed by atoms with E-state index in [0.717, 1.165) is 17.9 Å². The van der Waals surface area contributed by atoms with Crippen LogP contribution in [0, 0.1) is 17.2 Å². The number of amides is 1. The summed E-state index contributed by atoms with van der Waals surface area (Å²) >= 11 is 1.26. The standard InChI is InChI=1S/C16H19N3O2S/c1-3-18-14-5-4-12(8-17)6-15(14)19-9-13(7-16(19)21)10-22-11(2)20/h4-6,13,18H,3,7,9-10H2,1-2H3. The molecule has 0 radical (unpaired) electrons. The Balaban J connectivity index is 2.21. The van der Waals surface area contributed by atoms with Gasteiger partial charge in [-0.3, -0.25) is 9.59 Å². The van der Waals surface area contributed by atoms with Gasteiger partial charge in [-0.25, -0.2) is 0 Å². The van der Waals surface area contributed by atoms with Crippen molar-refractivity contribution < 1.29 is 9.59 Å². The molecule has 1 saturated heterocycles. The van der Waals surface area contributed by atoms with E-state index in [4.69, 9.17) is 5.26 Å². The van der Waals surface area contributed by atoms with Gasteiger partial charge in [-0.2, -0.15) is 5.26 Å². The van der Waals surface area contributed by atoms with Crippen LogP contribution >= 0.6 is 11.8 Å². The molecule has 1 unspecified atom stereocenters. The normalized spacial score (nSPS) is 17.4. The molecule has 1 atom stereocenters. The van der Waals surface area contributed by atoms with E-state index in [2.05, 4.69) is 11.4 Å². The predicted octanol–water partition coefficient (Wildman–Crippen LogP) is 2.62. The van der Waals surface area contributed by atoms with Crippen molar-refractivity contribution in [3.05, 3.63) is 23.8 Å². The zero-order chi connectivity index (χ0) is 16.1. The Labute approximate surface area is 134 Å². The minimum Gasteiger partial charge on any atom is -0.384 e. The lowest BCUT2D eigenvalue weighted by molar-refractivity contribution is -0.117. The number of hydrogen-bond acceptors (Lipinski definition) is 5. The molecule has 1 aromatic carbocycles. The Morgan fingerprint density at radius 2 is 2.32 bits per heavy atom. The van der Waals surface area contributed by atoms with E-state index in [1.54, 1.807) is 24.0 Å². The molecule has 1 amide bonds. The SMILES string of the molecule is CCNc1ccc(C#N)cc1N1CC(CSC(C)=O)CC1=O. The van der Waals surface area contributed by atoms with Crippen LogP contribution in [-0.4, -0.2) is 29.9 Å². The molecule has 1 aromatic rings. The number of nitrogens with zero attached hydrogens (tertiary/aromatic N) is 2. The minimum absolute atomic E-state index is 0.0448. The lowest BCUT2D eigenvalue weighted by Gasteiger charge is -2.21. The topological polar surface area (TPSA) is 73.2 Å². The van der Waals surface area contributed by atoms with Crippen molar-refractivity contribution in [2.24, 2.45) is 5.92 Å². The van der Waals surface area contributed by atoms with E-state index in [-0.39, 0.29) is 16.9 Å². The van der Waals surface area contributed by atoms with E-state index in [9.17, 15) is 9.59 Å². The van der Waals surface area contributed by atoms with Gasteiger partial charge < -0.3 is 10.2 Å². The van der Waals surface area contributed by atoms with Crippen molar-refractivity contribution in [1.82, 2.24) is 0 Å². The molecule has 0 bridgehead atoms. The first-order valence-corrected chi connectivity index (χ1v) is 8.25. The summed E-state index contributed by atoms with van der Waals surface area (Å²) < 4.78 is 0. The molecule has 116 valence electrons. The molecule has 5 nitrogen and oxygen atoms in total. The smallest absolute Gasteiger partial charge is 0.227 e. The van der Waals surface area contributed by atoms with Crippen molar-refractivity contribution in [2.45, 2.75) is 20.3 Å². The second-order valence-electron chi connectivity index (χ2n) is 5.25. The number of anilines is 2. The maximum absolute atomic E-state index is 12.3. The second-order valence-corrected chi connectivity index (χ2v) is 6.45. The molecular weight excluding hydrogens is 298 g/mol. The number of nitriles is 1. The van der Waals surface area contributed by atoms with E-state index < -0.39 is 0 Å². The van der Waals surface area contributed by atoms with E-state index in [1.807, 2.05) is 13.0 Å². The molecule has 2 rings (SSSR count). The summed E-state index contributed by atoms with van der Waals surface area (Å²) in [6.45, 7) is 4.86. The van der Waals surface area contributed by atoms with Gasteiger partial charge in [0.15, 0.2) is 5.12 Å². The molecule has 1 N–H and O–H groups in total. The summed E-state index contributed by atoms with van der Waals surface area (Å²) in [6.07, 6.45) is 0.447. The van der Waals surface area contributed by atoms with Gasteiger partial charge in [-0.15, -0.1) is 0 Å². The molecule has 0 aromatic heterocycles. The zero-order valence-electron chi connectivity index (χ0n) is 12.8. The lowest BCUT2D eigenvalue weighted by atomic mass is 10.1. The maximum Gasteiger partial charge on any atom is 0.227 e. The molecule has 1 heterocycles. The monoisotopic (exact) mass is 317 g/mol. The summed E-state index contributed by atoms with van der Waals surface area (Å²) in [6, 6.07) is 7.44. The average molecular weight is 317 g/mol. The third-order valence-corrected chi connectivity index (χ3v) is 4.56. The van der Waals surface area contributed by atoms with Gasteiger partial charge in [0.2, 0.25) is 5.91 Å². The molecular formula is C16H19N3O2S. The molecule has 0 aliphatic carbocycles. The van der Waals surface area contributed by atoms with Gasteiger partial charge in [0.25, 0.3) is 0 Å². The summed E-state index contributed by atoms with van der Waals surface area (Å²) in [5.74, 6) is 0.872. The number of carbonyl (C=O) groups is 2. The Morgan fingerprint density at radius 1 is 1.55 bits per heavy atom. The minimum atomic E-state index is 0.0448. The van der Waals surface area contributed by atoms with Crippen LogP contribution in [0.1, 0.15) is 25.8 Å². The molecule has 1 aliphatic heterocycles. The van der Waals surface area contributed by atoms with Gasteiger partial charge >= 0.3 is 0 Å². The largest absolute Gasteiger partial charge is 0.384 e. The van der Waals surface area contributed by atoms with Crippen molar-refractivity contribution in [1.29, 1.82) is 5.26 Å². The van der Waals surface area contributed by atoms with Crippen LogP contribution in [0.2, 0.25) is 0 Å². The average Bonchev–Trinajstić information content (AvgIpc) is 2.87. The van der Waals surface area contributed by atoms with Crippen LogP contribution < -0.4 is 10.2 Å². The first-order chi connectivity index (χ1) is 10.5. The van der Waals surface area contributed by atoms with Gasteiger partial charge in [0.05, 0.1) is 23.0 Å². The van der Waals surface area contributed by atoms with Crippen LogP contribution in [0.3, 0.4) is 0 Å². The van der Waals surface area contributed by atoms with E-state index >= 15 is 0 Å². The van der Waals surface area contributed by atoms with Crippen molar-refractivity contribution in [2.75, 3.05) is 29.1 Å². The Kier molecular flexibility index (Phi) is 5.45. The Bertz CT molecular complexity index is 624. The summed E-state index contributed by atoms with van der Waals surface area (Å²) in [5.41, 5.74) is 2.14. The highest BCUT2D eigenvalue weighted by Crippen LogP contribution is 2.33. The second kappa shape index (κ2) is 7.32. The Morgan fingerprint density at radius 3 is 2.95 bits per heavy atom. The van der Waals surface area contributed by atoms with E-state index in [1.165, 1.54) is 11.8 Å². The van der Waals surface area contributed by atoms with Crippen LogP contribution in [0.4, 0.5) is 11.4 Å². The highest BCUT2D eigenvalue weighted by atomic mass is 32.2. The fourth-order valence-electron chi connectivity index (χ4n) is 2.53. The summed E-state index contributed by atoms with van der Waals surface area (Å²) in [7, 11) is 0. The predicted molar refractivity (Wildman–Crippen MR) is 88.9 cm³/mol. The quantitative estimate of drug-likeness (QED) is 0.903. The van der Waals surface area contributed by atoms with Crippen LogP contribution in [-0.2, 0) is 9.59 Å². The summed E-state index contributed by atoms with van der Waals surface area (Å²) in [5, 5.41) is 12.4. The van der Waals surface area contributed by atoms with Gasteiger partial charge in [-0.1, -0.05) is 11.8 Å². The number of benzene rings is 1. The molecule has 0 saturated carbocycles. The highest BCUT2D eigenvalue weighted by Gasteiger charge is 2.32. The Hall–Kier alpha value is -2.00. The number of carbonyl (C=O) groups excluding carboxylic acids is 2. The number of rotatable bonds is 5. The first-order valence-electron chi connectivity index (χ1n) is 7.27. The zero-order valence-corrected chi connectivity index (χ0v) is 13.6. The van der Waals surface area contributed by atoms with Crippen molar-refractivity contribution in [3.63, 3.8) is 0 Å². The fraction of sp³-hybridized carbons (Fsp3) is 0.438. The first kappa shape index (κ1) is 16.4. The highest BCUT2D eigenvalue weighted by molar-refractivity contribution is 8.13.